The first kappa shape index (κ1) is 20.3. The number of benzene rings is 1. The molecule has 0 aliphatic rings. The van der Waals surface area contributed by atoms with Crippen LogP contribution < -0.4 is 10.9 Å². The summed E-state index contributed by atoms with van der Waals surface area (Å²) < 4.78 is 4.37. The Labute approximate surface area is 178 Å². The monoisotopic (exact) mass is 423 g/mol. The molecule has 0 aliphatic heterocycles. The molecule has 4 aromatic rings. The molecule has 0 atom stereocenters. The van der Waals surface area contributed by atoms with Crippen LogP contribution in [0.5, 0.6) is 0 Å². The molecule has 0 bridgehead atoms. The van der Waals surface area contributed by atoms with Gasteiger partial charge < -0.3 is 5.32 Å². The largest absolute Gasteiger partial charge is 0.326 e. The van der Waals surface area contributed by atoms with Crippen LogP contribution in [0.1, 0.15) is 44.5 Å². The Hall–Kier alpha value is -3.00. The molecule has 3 aromatic heterocycles. The zero-order valence-corrected chi connectivity index (χ0v) is 18.0. The van der Waals surface area contributed by atoms with E-state index in [9.17, 15) is 9.59 Å². The fraction of sp³-hybridized carbons (Fsp3) is 0.364. The van der Waals surface area contributed by atoms with E-state index in [0.717, 1.165) is 29.9 Å². The molecule has 156 valence electrons. The highest BCUT2D eigenvalue weighted by Gasteiger charge is 2.17. The van der Waals surface area contributed by atoms with E-state index in [1.54, 1.807) is 4.57 Å². The summed E-state index contributed by atoms with van der Waals surface area (Å²) in [6.07, 6.45) is 3.47. The summed E-state index contributed by atoms with van der Waals surface area (Å²) in [6.45, 7) is 4.74. The van der Waals surface area contributed by atoms with Crippen LogP contribution in [0.3, 0.4) is 0 Å². The number of thiophene rings is 1. The average Bonchev–Trinajstić information content (AvgIpc) is 3.39. The molecule has 1 N–H and O–H groups in total. The molecule has 1 amide bonds. The highest BCUT2D eigenvalue weighted by atomic mass is 32.1. The summed E-state index contributed by atoms with van der Waals surface area (Å²) in [5.74, 6) is 1.33. The van der Waals surface area contributed by atoms with Crippen molar-refractivity contribution in [1.29, 1.82) is 0 Å². The fourth-order valence-electron chi connectivity index (χ4n) is 3.62. The first-order chi connectivity index (χ1) is 14.6. The summed E-state index contributed by atoms with van der Waals surface area (Å²) in [4.78, 5) is 25.1. The van der Waals surface area contributed by atoms with Gasteiger partial charge in [0.15, 0.2) is 0 Å². The average molecular weight is 424 g/mol. The van der Waals surface area contributed by atoms with Gasteiger partial charge >= 0.3 is 0 Å². The number of amides is 1. The Balaban J connectivity index is 1.49. The molecule has 3 heterocycles. The van der Waals surface area contributed by atoms with Crippen molar-refractivity contribution in [2.24, 2.45) is 0 Å². The molecule has 0 fully saturated rings. The second-order valence-corrected chi connectivity index (χ2v) is 8.21. The van der Waals surface area contributed by atoms with Crippen molar-refractivity contribution in [3.63, 3.8) is 0 Å². The van der Waals surface area contributed by atoms with Gasteiger partial charge in [0.1, 0.15) is 10.5 Å². The number of carbonyl (C=O) groups excluding carboxylic acids is 1. The van der Waals surface area contributed by atoms with Crippen molar-refractivity contribution in [1.82, 2.24) is 19.2 Å². The number of nitrogens with zero attached hydrogens (tertiary/aromatic N) is 4. The normalized spacial score (nSPS) is 11.4. The standard InChI is InChI=1S/C22H25N5O2S/c1-3-13-26-21(29)20-17(12-14-30-20)27-18(24-25-22(26)27)6-5-7-19(28)23-16-10-8-15(4-2)9-11-16/h8-12,14H,3-7,13H2,1-2H3,(H,23,28). The fourth-order valence-corrected chi connectivity index (χ4v) is 4.45. The smallest absolute Gasteiger partial charge is 0.272 e. The third-order valence-electron chi connectivity index (χ3n) is 5.18. The molecular weight excluding hydrogens is 398 g/mol. The van der Waals surface area contributed by atoms with Gasteiger partial charge in [-0.15, -0.1) is 21.5 Å². The van der Waals surface area contributed by atoms with E-state index in [-0.39, 0.29) is 11.5 Å². The Kier molecular flexibility index (Phi) is 5.94. The second-order valence-electron chi connectivity index (χ2n) is 7.30. The van der Waals surface area contributed by atoms with Crippen LogP contribution in [-0.4, -0.2) is 25.1 Å². The van der Waals surface area contributed by atoms with Gasteiger partial charge in [-0.1, -0.05) is 26.0 Å². The van der Waals surface area contributed by atoms with Crippen LogP contribution in [0.15, 0.2) is 40.5 Å². The Morgan fingerprint density at radius 1 is 1.13 bits per heavy atom. The molecule has 0 saturated carbocycles. The highest BCUT2D eigenvalue weighted by molar-refractivity contribution is 7.17. The molecule has 0 spiro atoms. The molecule has 0 saturated heterocycles. The number of hydrogen-bond donors (Lipinski definition) is 1. The van der Waals surface area contributed by atoms with Crippen molar-refractivity contribution < 1.29 is 4.79 Å². The van der Waals surface area contributed by atoms with E-state index >= 15 is 0 Å². The Morgan fingerprint density at radius 2 is 1.93 bits per heavy atom. The quantitative estimate of drug-likeness (QED) is 0.464. The summed E-state index contributed by atoms with van der Waals surface area (Å²) in [7, 11) is 0. The number of anilines is 1. The number of nitrogens with one attached hydrogen (secondary N) is 1. The predicted octanol–water partition coefficient (Wildman–Crippen LogP) is 4.04. The van der Waals surface area contributed by atoms with E-state index in [1.807, 2.05) is 47.0 Å². The molecule has 7 nitrogen and oxygen atoms in total. The van der Waals surface area contributed by atoms with Crippen molar-refractivity contribution in [3.8, 4) is 0 Å². The number of aromatic nitrogens is 4. The summed E-state index contributed by atoms with van der Waals surface area (Å²) >= 11 is 1.44. The van der Waals surface area contributed by atoms with Crippen LogP contribution in [0, 0.1) is 0 Å². The van der Waals surface area contributed by atoms with Gasteiger partial charge in [0.05, 0.1) is 5.52 Å². The van der Waals surface area contributed by atoms with Crippen LogP contribution >= 0.6 is 11.3 Å². The number of hydrogen-bond acceptors (Lipinski definition) is 5. The van der Waals surface area contributed by atoms with E-state index < -0.39 is 0 Å². The van der Waals surface area contributed by atoms with E-state index in [2.05, 4.69) is 22.4 Å². The zero-order valence-electron chi connectivity index (χ0n) is 17.2. The van der Waals surface area contributed by atoms with Crippen LogP contribution in [0.25, 0.3) is 16.0 Å². The van der Waals surface area contributed by atoms with E-state index in [4.69, 9.17) is 0 Å². The third kappa shape index (κ3) is 3.87. The summed E-state index contributed by atoms with van der Waals surface area (Å²) in [6, 6.07) is 9.86. The van der Waals surface area contributed by atoms with Gasteiger partial charge in [0, 0.05) is 25.1 Å². The van der Waals surface area contributed by atoms with Gasteiger partial charge in [-0.25, -0.2) is 0 Å². The van der Waals surface area contributed by atoms with Crippen LogP contribution in [0.4, 0.5) is 5.69 Å². The van der Waals surface area contributed by atoms with E-state index in [0.29, 0.717) is 36.3 Å². The number of carbonyl (C=O) groups is 1. The molecule has 0 unspecified atom stereocenters. The molecule has 0 radical (unpaired) electrons. The Bertz CT molecular complexity index is 1240. The lowest BCUT2D eigenvalue weighted by atomic mass is 10.1. The lowest BCUT2D eigenvalue weighted by molar-refractivity contribution is -0.116. The minimum absolute atomic E-state index is 0.0123. The topological polar surface area (TPSA) is 81.3 Å². The molecular formula is C22H25N5O2S. The number of aryl methyl sites for hydroxylation is 3. The number of rotatable bonds is 8. The maximum absolute atomic E-state index is 12.8. The lowest BCUT2D eigenvalue weighted by Crippen LogP contribution is -2.22. The lowest BCUT2D eigenvalue weighted by Gasteiger charge is -2.08. The molecule has 0 aliphatic carbocycles. The third-order valence-corrected chi connectivity index (χ3v) is 6.07. The van der Waals surface area contributed by atoms with Gasteiger partial charge in [-0.3, -0.25) is 18.6 Å². The first-order valence-corrected chi connectivity index (χ1v) is 11.2. The molecule has 1 aromatic carbocycles. The molecule has 30 heavy (non-hydrogen) atoms. The van der Waals surface area contributed by atoms with Crippen LogP contribution in [-0.2, 0) is 24.2 Å². The summed E-state index contributed by atoms with van der Waals surface area (Å²) in [5, 5.41) is 13.5. The van der Waals surface area contributed by atoms with Crippen LogP contribution in [0.2, 0.25) is 0 Å². The maximum Gasteiger partial charge on any atom is 0.272 e. The van der Waals surface area contributed by atoms with Crippen molar-refractivity contribution in [2.45, 2.75) is 52.5 Å². The van der Waals surface area contributed by atoms with Crippen molar-refractivity contribution in [2.75, 3.05) is 5.32 Å². The van der Waals surface area contributed by atoms with Crippen molar-refractivity contribution in [3.05, 3.63) is 57.5 Å². The SMILES string of the molecule is CCCn1c(=O)c2sccc2n2c(CCCC(=O)Nc3ccc(CC)cc3)nnc12. The minimum atomic E-state index is -0.0170. The van der Waals surface area contributed by atoms with Gasteiger partial charge in [0.2, 0.25) is 11.7 Å². The molecule has 4 rings (SSSR count). The van der Waals surface area contributed by atoms with Gasteiger partial charge in [0.25, 0.3) is 5.56 Å². The van der Waals surface area contributed by atoms with Crippen molar-refractivity contribution >= 4 is 38.9 Å². The Morgan fingerprint density at radius 3 is 2.67 bits per heavy atom. The second kappa shape index (κ2) is 8.79. The maximum atomic E-state index is 12.8. The predicted molar refractivity (Wildman–Crippen MR) is 120 cm³/mol. The minimum Gasteiger partial charge on any atom is -0.326 e. The van der Waals surface area contributed by atoms with Gasteiger partial charge in [-0.2, -0.15) is 0 Å². The summed E-state index contributed by atoms with van der Waals surface area (Å²) in [5.41, 5.74) is 2.89. The molecule has 8 heteroatoms. The van der Waals surface area contributed by atoms with Gasteiger partial charge in [-0.05, 0) is 48.4 Å². The highest BCUT2D eigenvalue weighted by Crippen LogP contribution is 2.20. The number of fused-ring (bicyclic) bond motifs is 3. The first-order valence-electron chi connectivity index (χ1n) is 10.3. The zero-order chi connectivity index (χ0) is 21.1. The van der Waals surface area contributed by atoms with E-state index in [1.165, 1.54) is 16.9 Å².